The number of carbonyl (C=O) groups is 2. The zero-order valence-electron chi connectivity index (χ0n) is 15.0. The summed E-state index contributed by atoms with van der Waals surface area (Å²) in [6.07, 6.45) is -7.29. The van der Waals surface area contributed by atoms with E-state index in [0.717, 1.165) is 18.4 Å². The molecule has 29 heavy (non-hydrogen) atoms. The number of phenols is 3. The Kier molecular flexibility index (Phi) is 6.87. The molecule has 0 saturated carbocycles. The zero-order valence-corrected chi connectivity index (χ0v) is 15.0. The summed E-state index contributed by atoms with van der Waals surface area (Å²) in [7, 11) is 0. The number of benzene rings is 1. The van der Waals surface area contributed by atoms with Crippen molar-refractivity contribution in [2.45, 2.75) is 37.6 Å². The van der Waals surface area contributed by atoms with Crippen LogP contribution in [-0.2, 0) is 19.0 Å². The van der Waals surface area contributed by atoms with E-state index < -0.39 is 66.5 Å². The molecule has 160 valence electrons. The summed E-state index contributed by atoms with van der Waals surface area (Å²) in [6, 6.07) is 1.67. The summed E-state index contributed by atoms with van der Waals surface area (Å²) in [5, 5.41) is 66.7. The first-order valence-electron chi connectivity index (χ1n) is 8.20. The molecular weight excluding hydrogens is 396 g/mol. The molecular formula is C17H20O12. The molecule has 12 heteroatoms. The number of ether oxygens (including phenoxy) is 3. The van der Waals surface area contributed by atoms with Gasteiger partial charge >= 0.3 is 11.9 Å². The smallest absolute Gasteiger partial charge is 0.338 e. The Labute approximate surface area is 163 Å². The van der Waals surface area contributed by atoms with Gasteiger partial charge in [0, 0.05) is 0 Å². The lowest BCUT2D eigenvalue weighted by atomic mass is 9.99. The topological polar surface area (TPSA) is 203 Å². The van der Waals surface area contributed by atoms with Crippen molar-refractivity contribution in [3.05, 3.63) is 29.5 Å². The van der Waals surface area contributed by atoms with Crippen molar-refractivity contribution in [1.29, 1.82) is 0 Å². The van der Waals surface area contributed by atoms with Gasteiger partial charge in [-0.05, 0) is 19.1 Å². The van der Waals surface area contributed by atoms with Crippen LogP contribution in [0.2, 0.25) is 0 Å². The number of hydrogen-bond donors (Lipinski definition) is 7. The minimum atomic E-state index is -1.75. The number of rotatable bonds is 6. The molecule has 5 atom stereocenters. The highest BCUT2D eigenvalue weighted by Gasteiger charge is 2.45. The van der Waals surface area contributed by atoms with Crippen molar-refractivity contribution < 1.29 is 59.5 Å². The molecule has 1 fully saturated rings. The molecule has 0 unspecified atom stereocenters. The number of aliphatic carboxylic acids is 1. The minimum absolute atomic E-state index is 0.226. The number of phenolic OH excluding ortho intramolecular Hbond substituents is 3. The molecule has 0 bridgehead atoms. The zero-order chi connectivity index (χ0) is 21.9. The molecule has 1 aliphatic rings. The molecule has 1 aromatic rings. The van der Waals surface area contributed by atoms with Crippen molar-refractivity contribution in [2.75, 3.05) is 6.61 Å². The molecule has 0 spiro atoms. The molecule has 1 saturated heterocycles. The van der Waals surface area contributed by atoms with Crippen LogP contribution in [0.5, 0.6) is 17.2 Å². The second kappa shape index (κ2) is 8.96. The third kappa shape index (κ3) is 5.06. The van der Waals surface area contributed by atoms with Gasteiger partial charge in [0.1, 0.15) is 31.0 Å². The Morgan fingerprint density at radius 1 is 1.07 bits per heavy atom. The van der Waals surface area contributed by atoms with E-state index in [1.165, 1.54) is 6.92 Å². The molecule has 1 heterocycles. The highest BCUT2D eigenvalue weighted by atomic mass is 16.7. The van der Waals surface area contributed by atoms with Crippen LogP contribution in [0.25, 0.3) is 0 Å². The van der Waals surface area contributed by atoms with E-state index in [1.807, 2.05) is 0 Å². The predicted octanol–water partition coefficient (Wildman–Crippen LogP) is -1.23. The average Bonchev–Trinajstić information content (AvgIpc) is 2.67. The van der Waals surface area contributed by atoms with Crippen molar-refractivity contribution in [1.82, 2.24) is 0 Å². The van der Waals surface area contributed by atoms with E-state index in [1.54, 1.807) is 0 Å². The Bertz CT molecular complexity index is 781. The monoisotopic (exact) mass is 416 g/mol. The van der Waals surface area contributed by atoms with Crippen LogP contribution in [0.3, 0.4) is 0 Å². The molecule has 2 rings (SSSR count). The maximum atomic E-state index is 12.0. The van der Waals surface area contributed by atoms with Gasteiger partial charge in [-0.2, -0.15) is 0 Å². The average molecular weight is 416 g/mol. The summed E-state index contributed by atoms with van der Waals surface area (Å²) in [5.74, 6) is -4.71. The molecule has 12 nitrogen and oxygen atoms in total. The largest absolute Gasteiger partial charge is 0.504 e. The Balaban J connectivity index is 2.06. The van der Waals surface area contributed by atoms with E-state index >= 15 is 0 Å². The molecule has 1 aromatic carbocycles. The van der Waals surface area contributed by atoms with Gasteiger partial charge in [-0.1, -0.05) is 0 Å². The molecule has 0 aliphatic carbocycles. The Morgan fingerprint density at radius 2 is 1.66 bits per heavy atom. The highest BCUT2D eigenvalue weighted by Crippen LogP contribution is 2.35. The van der Waals surface area contributed by atoms with Crippen LogP contribution in [-0.4, -0.2) is 85.0 Å². The standard InChI is InChI=1S/C17H20O12/c1-6(15(24)25)4-28-17-14(23)13(22)12(21)10(29-17)5-27-16(26)7-2-8(18)11(20)9(19)3-7/h2-4,10,12-14,17-23H,5H2,1H3,(H,24,25)/b6-4-/t10-,12-,13+,14-,17-/m1/s1. The maximum absolute atomic E-state index is 12.0. The van der Waals surface area contributed by atoms with Crippen LogP contribution < -0.4 is 0 Å². The fraction of sp³-hybridized carbons (Fsp3) is 0.412. The minimum Gasteiger partial charge on any atom is -0.504 e. The first-order valence-corrected chi connectivity index (χ1v) is 8.20. The quantitative estimate of drug-likeness (QED) is 0.126. The molecule has 0 aromatic heterocycles. The number of aliphatic hydroxyl groups is 3. The van der Waals surface area contributed by atoms with Gasteiger partial charge in [-0.25, -0.2) is 9.59 Å². The van der Waals surface area contributed by atoms with E-state index in [0.29, 0.717) is 0 Å². The fourth-order valence-corrected chi connectivity index (χ4v) is 2.35. The third-order valence-electron chi connectivity index (χ3n) is 4.07. The molecule has 0 amide bonds. The van der Waals surface area contributed by atoms with E-state index in [-0.39, 0.29) is 11.1 Å². The predicted molar refractivity (Wildman–Crippen MR) is 90.9 cm³/mol. The van der Waals surface area contributed by atoms with Crippen LogP contribution in [0.15, 0.2) is 24.0 Å². The normalized spacial score (nSPS) is 27.3. The number of carboxylic acid groups (broad SMARTS) is 1. The summed E-state index contributed by atoms with van der Waals surface area (Å²) in [6.45, 7) is 0.582. The highest BCUT2D eigenvalue weighted by molar-refractivity contribution is 5.91. The second-order valence-electron chi connectivity index (χ2n) is 6.22. The first kappa shape index (κ1) is 22.2. The van der Waals surface area contributed by atoms with Gasteiger partial charge in [0.2, 0.25) is 6.29 Å². The number of aromatic hydroxyl groups is 3. The molecule has 7 N–H and O–H groups in total. The van der Waals surface area contributed by atoms with Crippen molar-refractivity contribution in [3.8, 4) is 17.2 Å². The summed E-state index contributed by atoms with van der Waals surface area (Å²) < 4.78 is 15.1. The van der Waals surface area contributed by atoms with E-state index in [9.17, 15) is 40.2 Å². The van der Waals surface area contributed by atoms with Crippen LogP contribution in [0.1, 0.15) is 17.3 Å². The van der Waals surface area contributed by atoms with E-state index in [2.05, 4.69) is 0 Å². The summed E-state index contributed by atoms with van der Waals surface area (Å²) in [4.78, 5) is 22.8. The van der Waals surface area contributed by atoms with Gasteiger partial charge in [0.25, 0.3) is 0 Å². The number of hydrogen-bond acceptors (Lipinski definition) is 11. The van der Waals surface area contributed by atoms with Crippen LogP contribution >= 0.6 is 0 Å². The Hall–Kier alpha value is -3.06. The van der Waals surface area contributed by atoms with Gasteiger partial charge in [0.05, 0.1) is 17.4 Å². The lowest BCUT2D eigenvalue weighted by Crippen LogP contribution is -2.59. The SMILES string of the molecule is C/C(=C/O[C@@H]1O[C@H](COC(=O)c2cc(O)c(O)c(O)c2)[C@@H](O)[C@H](O)[C@H]1O)C(=O)O. The number of carboxylic acids is 1. The van der Waals surface area contributed by atoms with Crippen molar-refractivity contribution in [2.24, 2.45) is 0 Å². The van der Waals surface area contributed by atoms with Gasteiger partial charge in [-0.15, -0.1) is 0 Å². The van der Waals surface area contributed by atoms with E-state index in [4.69, 9.17) is 19.3 Å². The maximum Gasteiger partial charge on any atom is 0.338 e. The summed E-state index contributed by atoms with van der Waals surface area (Å²) in [5.41, 5.74) is -0.548. The lowest BCUT2D eigenvalue weighted by Gasteiger charge is -2.39. The lowest BCUT2D eigenvalue weighted by molar-refractivity contribution is -0.287. The number of carbonyl (C=O) groups excluding carboxylic acids is 1. The Morgan fingerprint density at radius 3 is 2.21 bits per heavy atom. The van der Waals surface area contributed by atoms with Gasteiger partial charge < -0.3 is 50.0 Å². The van der Waals surface area contributed by atoms with Crippen LogP contribution in [0.4, 0.5) is 0 Å². The third-order valence-corrected chi connectivity index (χ3v) is 4.07. The van der Waals surface area contributed by atoms with Crippen molar-refractivity contribution in [3.63, 3.8) is 0 Å². The number of aliphatic hydroxyl groups excluding tert-OH is 3. The first-order chi connectivity index (χ1) is 13.5. The fourth-order valence-electron chi connectivity index (χ4n) is 2.35. The van der Waals surface area contributed by atoms with Crippen molar-refractivity contribution >= 4 is 11.9 Å². The van der Waals surface area contributed by atoms with Gasteiger partial charge in [-0.3, -0.25) is 0 Å². The molecule has 1 aliphatic heterocycles. The molecule has 0 radical (unpaired) electrons. The summed E-state index contributed by atoms with van der Waals surface area (Å²) >= 11 is 0. The second-order valence-corrected chi connectivity index (χ2v) is 6.22. The van der Waals surface area contributed by atoms with Crippen LogP contribution in [0, 0.1) is 0 Å². The van der Waals surface area contributed by atoms with Gasteiger partial charge in [0.15, 0.2) is 17.2 Å². The number of esters is 1.